The second kappa shape index (κ2) is 7.77. The van der Waals surface area contributed by atoms with Gasteiger partial charge in [0, 0.05) is 0 Å². The summed E-state index contributed by atoms with van der Waals surface area (Å²) in [6.45, 7) is 1.92. The van der Waals surface area contributed by atoms with Crippen molar-refractivity contribution in [3.8, 4) is 12.3 Å². The van der Waals surface area contributed by atoms with E-state index in [-0.39, 0.29) is 16.5 Å². The fraction of sp³-hybridized carbons (Fsp3) is 0.588. The van der Waals surface area contributed by atoms with E-state index in [0.717, 1.165) is 6.92 Å². The second-order valence-electron chi connectivity index (χ2n) is 6.61. The molecule has 0 saturated heterocycles. The molecule has 0 N–H and O–H groups in total. The van der Waals surface area contributed by atoms with Crippen LogP contribution in [-0.4, -0.2) is 30.6 Å². The van der Waals surface area contributed by atoms with Crippen LogP contribution in [-0.2, 0) is 9.53 Å². The third-order valence-electron chi connectivity index (χ3n) is 4.33. The average Bonchev–Trinajstić information content (AvgIpc) is 3.03. The van der Waals surface area contributed by atoms with Crippen LogP contribution in [0.4, 0.5) is 22.0 Å². The van der Waals surface area contributed by atoms with Gasteiger partial charge in [0.15, 0.2) is 12.8 Å². The van der Waals surface area contributed by atoms with E-state index in [0.29, 0.717) is 0 Å². The van der Waals surface area contributed by atoms with Crippen LogP contribution >= 0.6 is 23.2 Å². The Morgan fingerprint density at radius 3 is 2.31 bits per heavy atom. The van der Waals surface area contributed by atoms with Crippen LogP contribution in [0.5, 0.6) is 0 Å². The van der Waals surface area contributed by atoms with E-state index in [4.69, 9.17) is 34.4 Å². The van der Waals surface area contributed by atoms with Gasteiger partial charge in [-0.25, -0.2) is 4.39 Å². The molecule has 0 aromatic rings. The summed E-state index contributed by atoms with van der Waals surface area (Å²) < 4.78 is 70.0. The standard InChI is InChI=1S/C17H17Cl2F5O2/c1-5-11(9(2)7-16(21,22)17(23,24)8-20)26-14(25)13-10(6-12(18)19)15(13,3)4/h1,6-7,10-11,13H,8H2,2-4H3/b9-7+. The number of hydrogen-bond donors (Lipinski definition) is 0. The molecule has 0 aromatic heterocycles. The first-order chi connectivity index (χ1) is 11.7. The first-order valence-electron chi connectivity index (χ1n) is 7.41. The van der Waals surface area contributed by atoms with Crippen molar-refractivity contribution in [2.24, 2.45) is 17.3 Å². The van der Waals surface area contributed by atoms with Gasteiger partial charge in [0.25, 0.3) is 0 Å². The highest BCUT2D eigenvalue weighted by Crippen LogP contribution is 2.60. The topological polar surface area (TPSA) is 26.3 Å². The van der Waals surface area contributed by atoms with Gasteiger partial charge in [0.1, 0.15) is 4.49 Å². The minimum absolute atomic E-state index is 0.0453. The molecule has 3 unspecified atom stereocenters. The number of ether oxygens (including phenoxy) is 1. The van der Waals surface area contributed by atoms with Crippen molar-refractivity contribution in [3.05, 3.63) is 22.2 Å². The van der Waals surface area contributed by atoms with E-state index in [1.807, 2.05) is 5.92 Å². The molecule has 1 aliphatic carbocycles. The minimum Gasteiger partial charge on any atom is -0.444 e. The van der Waals surface area contributed by atoms with Crippen molar-refractivity contribution in [1.29, 1.82) is 0 Å². The van der Waals surface area contributed by atoms with Gasteiger partial charge in [-0.05, 0) is 36.0 Å². The first-order valence-corrected chi connectivity index (χ1v) is 8.17. The highest BCUT2D eigenvalue weighted by Gasteiger charge is 2.62. The predicted molar refractivity (Wildman–Crippen MR) is 88.9 cm³/mol. The smallest absolute Gasteiger partial charge is 0.341 e. The summed E-state index contributed by atoms with van der Waals surface area (Å²) in [5.74, 6) is -9.57. The summed E-state index contributed by atoms with van der Waals surface area (Å²) in [6.07, 6.45) is 4.81. The fourth-order valence-corrected chi connectivity index (χ4v) is 2.85. The van der Waals surface area contributed by atoms with Gasteiger partial charge in [0.2, 0.25) is 0 Å². The van der Waals surface area contributed by atoms with Crippen LogP contribution in [0.3, 0.4) is 0 Å². The van der Waals surface area contributed by atoms with E-state index >= 15 is 0 Å². The maximum Gasteiger partial charge on any atom is 0.341 e. The molecule has 1 saturated carbocycles. The molecule has 0 spiro atoms. The van der Waals surface area contributed by atoms with Crippen molar-refractivity contribution in [1.82, 2.24) is 0 Å². The molecule has 3 atom stereocenters. The molecule has 2 nitrogen and oxygen atoms in total. The molecule has 1 rings (SSSR count). The van der Waals surface area contributed by atoms with Crippen LogP contribution in [0.25, 0.3) is 0 Å². The van der Waals surface area contributed by atoms with Crippen molar-refractivity contribution in [2.75, 3.05) is 6.67 Å². The molecule has 0 heterocycles. The molecular weight excluding hydrogens is 402 g/mol. The van der Waals surface area contributed by atoms with Crippen LogP contribution in [0, 0.1) is 29.6 Å². The zero-order valence-electron chi connectivity index (χ0n) is 14.1. The summed E-state index contributed by atoms with van der Waals surface area (Å²) in [5, 5.41) is 0. The molecule has 0 aliphatic heterocycles. The highest BCUT2D eigenvalue weighted by molar-refractivity contribution is 6.55. The third-order valence-corrected chi connectivity index (χ3v) is 4.59. The van der Waals surface area contributed by atoms with Crippen molar-refractivity contribution >= 4 is 29.2 Å². The largest absolute Gasteiger partial charge is 0.444 e. The van der Waals surface area contributed by atoms with Gasteiger partial charge in [-0.15, -0.1) is 6.42 Å². The molecule has 146 valence electrons. The van der Waals surface area contributed by atoms with E-state index in [1.165, 1.54) is 6.08 Å². The molecule has 0 bridgehead atoms. The Morgan fingerprint density at radius 2 is 1.88 bits per heavy atom. The maximum absolute atomic E-state index is 13.5. The molecule has 1 aliphatic rings. The van der Waals surface area contributed by atoms with Gasteiger partial charge >= 0.3 is 17.8 Å². The van der Waals surface area contributed by atoms with E-state index in [2.05, 4.69) is 0 Å². The molecular formula is C17H17Cl2F5O2. The van der Waals surface area contributed by atoms with Gasteiger partial charge in [-0.2, -0.15) is 17.6 Å². The summed E-state index contributed by atoms with van der Waals surface area (Å²) in [7, 11) is 0. The zero-order valence-corrected chi connectivity index (χ0v) is 15.6. The van der Waals surface area contributed by atoms with E-state index in [1.54, 1.807) is 13.8 Å². The lowest BCUT2D eigenvalue weighted by Gasteiger charge is -2.23. The Bertz CT molecular complexity index is 661. The number of esters is 1. The number of carbonyl (C=O) groups is 1. The maximum atomic E-state index is 13.5. The van der Waals surface area contributed by atoms with Crippen molar-refractivity contribution in [3.63, 3.8) is 0 Å². The van der Waals surface area contributed by atoms with Gasteiger partial charge < -0.3 is 4.74 Å². The SMILES string of the molecule is C#CC(OC(=O)C1C(C=C(Cl)Cl)C1(C)C)/C(C)=C/C(F)(F)C(F)(F)CF. The molecule has 1 fully saturated rings. The Hall–Kier alpha value is -1.26. The van der Waals surface area contributed by atoms with Gasteiger partial charge in [-0.1, -0.05) is 43.0 Å². The normalized spacial score (nSPS) is 23.7. The summed E-state index contributed by atoms with van der Waals surface area (Å²) >= 11 is 11.1. The number of rotatable bonds is 7. The molecule has 0 amide bonds. The lowest BCUT2D eigenvalue weighted by molar-refractivity contribution is -0.187. The van der Waals surface area contributed by atoms with Crippen molar-refractivity contribution < 1.29 is 31.5 Å². The Balaban J connectivity index is 2.95. The minimum atomic E-state index is -4.90. The molecule has 0 aromatic carbocycles. The van der Waals surface area contributed by atoms with Gasteiger partial charge in [-0.3, -0.25) is 4.79 Å². The summed E-state index contributed by atoms with van der Waals surface area (Å²) in [6, 6.07) is 0. The molecule has 0 radical (unpaired) electrons. The number of carbonyl (C=O) groups excluding carboxylic acids is 1. The predicted octanol–water partition coefficient (Wildman–Crippen LogP) is 5.31. The molecule has 26 heavy (non-hydrogen) atoms. The number of hydrogen-bond acceptors (Lipinski definition) is 2. The Kier molecular flexibility index (Phi) is 6.81. The van der Waals surface area contributed by atoms with Crippen LogP contribution in [0.2, 0.25) is 0 Å². The third kappa shape index (κ3) is 4.72. The fourth-order valence-electron chi connectivity index (χ4n) is 2.58. The summed E-state index contributed by atoms with van der Waals surface area (Å²) in [4.78, 5) is 12.2. The number of allylic oxidation sites excluding steroid dienone is 2. The highest BCUT2D eigenvalue weighted by atomic mass is 35.5. The monoisotopic (exact) mass is 418 g/mol. The first kappa shape index (κ1) is 22.8. The van der Waals surface area contributed by atoms with Crippen LogP contribution < -0.4 is 0 Å². The Labute approximate surface area is 158 Å². The number of terminal acetylenes is 1. The number of alkyl halides is 5. The molecule has 9 heteroatoms. The zero-order chi connectivity index (χ0) is 20.5. The van der Waals surface area contributed by atoms with E-state index in [9.17, 15) is 26.7 Å². The van der Waals surface area contributed by atoms with Crippen molar-refractivity contribution in [2.45, 2.75) is 38.7 Å². The lowest BCUT2D eigenvalue weighted by Crippen LogP contribution is -2.41. The quantitative estimate of drug-likeness (QED) is 0.242. The average molecular weight is 419 g/mol. The lowest BCUT2D eigenvalue weighted by atomic mass is 10.1. The van der Waals surface area contributed by atoms with Crippen LogP contribution in [0.1, 0.15) is 20.8 Å². The van der Waals surface area contributed by atoms with Gasteiger partial charge in [0.05, 0.1) is 5.92 Å². The number of halogens is 7. The van der Waals surface area contributed by atoms with E-state index < -0.39 is 47.5 Å². The van der Waals surface area contributed by atoms with Crippen LogP contribution in [0.15, 0.2) is 22.2 Å². The second-order valence-corrected chi connectivity index (χ2v) is 7.62. The Morgan fingerprint density at radius 1 is 1.35 bits per heavy atom. The summed E-state index contributed by atoms with van der Waals surface area (Å²) in [5.41, 5.74) is -1.06.